The topological polar surface area (TPSA) is 251 Å². The highest BCUT2D eigenvalue weighted by Gasteiger charge is 2.19. The van der Waals surface area contributed by atoms with Crippen LogP contribution in [0, 0.1) is 0 Å². The van der Waals surface area contributed by atoms with Crippen molar-refractivity contribution in [1.82, 2.24) is 0 Å². The van der Waals surface area contributed by atoms with Crippen LogP contribution in [-0.2, 0) is 16.0 Å². The number of nitrogens with two attached hydrogens (primary N) is 1. The summed E-state index contributed by atoms with van der Waals surface area (Å²) in [5, 5.41) is 49.0. The molecule has 0 radical (unpaired) electrons. The second-order valence-electron chi connectivity index (χ2n) is 12.4. The van der Waals surface area contributed by atoms with Crippen LogP contribution in [0.15, 0.2) is 103 Å². The molecule has 0 atom stereocenters. The molecule has 0 fully saturated rings. The molecule has 0 unspecified atom stereocenters. The Morgan fingerprint density at radius 2 is 1.11 bits per heavy atom. The minimum absolute atomic E-state index is 0.0137. The highest BCUT2D eigenvalue weighted by atomic mass is 35.5. The molecule has 0 aliphatic rings. The van der Waals surface area contributed by atoms with Crippen molar-refractivity contribution in [2.45, 2.75) is 19.8 Å². The molecule has 6 aromatic rings. The second kappa shape index (κ2) is 26.7. The SMILES string of the molecule is CCC(=O)O.COc1c(Cl)ccc(Cl)c1C(=O)O.Nc1cc(Cl)cc(C(=O)O)c1Cl.O=C(O)Cc1c(Cl)ccc(Cl)c1Cl.O=C(O)c1ccccc1C(=O)Nc1cccc2ccccc12. The lowest BCUT2D eigenvalue weighted by Crippen LogP contribution is -2.16. The Kier molecular flexibility index (Phi) is 22.7. The van der Waals surface area contributed by atoms with Gasteiger partial charge in [-0.15, -0.1) is 0 Å². The third-order valence-electron chi connectivity index (χ3n) is 7.98. The fourth-order valence-corrected chi connectivity index (χ4v) is 6.53. The largest absolute Gasteiger partial charge is 0.494 e. The Morgan fingerprint density at radius 3 is 1.65 bits per heavy atom. The highest BCUT2D eigenvalue weighted by Crippen LogP contribution is 2.34. The summed E-state index contributed by atoms with van der Waals surface area (Å²) in [5.41, 5.74) is 6.49. The van der Waals surface area contributed by atoms with Crippen molar-refractivity contribution < 1.29 is 59.0 Å². The van der Waals surface area contributed by atoms with Crippen LogP contribution in [0.1, 0.15) is 60.3 Å². The molecule has 0 saturated carbocycles. The van der Waals surface area contributed by atoms with Gasteiger partial charge in [0, 0.05) is 33.1 Å². The number of aromatic carboxylic acids is 3. The van der Waals surface area contributed by atoms with E-state index in [9.17, 15) is 33.9 Å². The number of carboxylic acids is 5. The molecule has 0 bridgehead atoms. The Balaban J connectivity index is 0.000000297. The van der Waals surface area contributed by atoms with Gasteiger partial charge in [0.25, 0.3) is 5.91 Å². The van der Waals surface area contributed by atoms with E-state index in [-0.39, 0.29) is 71.6 Å². The van der Waals surface area contributed by atoms with E-state index >= 15 is 0 Å². The zero-order valence-electron chi connectivity index (χ0n) is 33.5. The van der Waals surface area contributed by atoms with E-state index in [0.717, 1.165) is 10.8 Å². The monoisotopic (exact) mass is 1030 g/mol. The van der Waals surface area contributed by atoms with Crippen molar-refractivity contribution in [1.29, 1.82) is 0 Å². The van der Waals surface area contributed by atoms with E-state index in [4.69, 9.17) is 112 Å². The third-order valence-corrected chi connectivity index (χ3v) is 10.4. The smallest absolute Gasteiger partial charge is 0.341 e. The number of nitrogens with one attached hydrogen (secondary N) is 1. The maximum atomic E-state index is 12.4. The molecule has 21 heteroatoms. The number of hydrogen-bond donors (Lipinski definition) is 7. The maximum Gasteiger partial charge on any atom is 0.341 e. The number of amides is 1. The van der Waals surface area contributed by atoms with Crippen LogP contribution in [0.2, 0.25) is 35.2 Å². The van der Waals surface area contributed by atoms with Crippen molar-refractivity contribution in [2.75, 3.05) is 18.2 Å². The van der Waals surface area contributed by atoms with Gasteiger partial charge < -0.3 is 41.3 Å². The molecule has 0 aliphatic carbocycles. The first-order valence-electron chi connectivity index (χ1n) is 18.0. The number of fused-ring (bicyclic) bond motifs is 1. The molecule has 342 valence electrons. The molecule has 1 amide bonds. The number of nitrogen functional groups attached to an aromatic ring is 1. The fourth-order valence-electron chi connectivity index (χ4n) is 4.97. The number of anilines is 2. The van der Waals surface area contributed by atoms with E-state index in [1.54, 1.807) is 25.1 Å². The number of methoxy groups -OCH3 is 1. The molecular formula is C44H35Cl7N2O12. The van der Waals surface area contributed by atoms with Gasteiger partial charge in [0.1, 0.15) is 5.56 Å². The van der Waals surface area contributed by atoms with Gasteiger partial charge in [-0.1, -0.05) is 137 Å². The number of carboxylic acid groups (broad SMARTS) is 5. The van der Waals surface area contributed by atoms with Crippen LogP contribution in [-0.4, -0.2) is 68.4 Å². The minimum Gasteiger partial charge on any atom is -0.494 e. The lowest BCUT2D eigenvalue weighted by Gasteiger charge is -2.10. The molecule has 0 heterocycles. The van der Waals surface area contributed by atoms with Crippen molar-refractivity contribution in [2.24, 2.45) is 0 Å². The van der Waals surface area contributed by atoms with Crippen LogP contribution in [0.5, 0.6) is 5.75 Å². The first-order chi connectivity index (χ1) is 30.5. The van der Waals surface area contributed by atoms with E-state index in [1.165, 1.54) is 55.6 Å². The quantitative estimate of drug-likeness (QED) is 0.0526. The van der Waals surface area contributed by atoms with Gasteiger partial charge in [0.15, 0.2) is 5.75 Å². The molecule has 65 heavy (non-hydrogen) atoms. The van der Waals surface area contributed by atoms with Gasteiger partial charge in [-0.05, 0) is 60.0 Å². The number of benzene rings is 6. The zero-order chi connectivity index (χ0) is 49.1. The lowest BCUT2D eigenvalue weighted by atomic mass is 10.1. The number of halogens is 7. The average molecular weight is 1030 g/mol. The minimum atomic E-state index is -1.16. The summed E-state index contributed by atoms with van der Waals surface area (Å²) in [6, 6.07) is 28.0. The standard InChI is InChI=1S/C18H13NO3.C8H5Cl3O2.C8H6Cl2O3.C7H5Cl2NO2.C3H6O2/c20-17(14-9-3-4-10-15(14)18(21)22)19-16-11-5-7-12-6-1-2-8-13(12)16;9-5-1-2-6(10)8(11)4(5)3-7(12)13;1-13-7-5(10)3-2-4(9)6(7)8(11)12;8-3-1-4(7(11)12)6(9)5(10)2-3;1-2-3(4)5/h1-11H,(H,19,20)(H,21,22);1-2H,3H2,(H,12,13);2-3H,1H3,(H,11,12);1-2H,10H2,(H,11,12);2H2,1H3,(H,4,5). The number of aliphatic carboxylic acids is 2. The van der Waals surface area contributed by atoms with Crippen molar-refractivity contribution in [3.05, 3.63) is 166 Å². The van der Waals surface area contributed by atoms with Gasteiger partial charge in [-0.25, -0.2) is 14.4 Å². The predicted molar refractivity (Wildman–Crippen MR) is 254 cm³/mol. The number of carbonyl (C=O) groups excluding carboxylic acids is 1. The molecular weight excluding hydrogens is 997 g/mol. The highest BCUT2D eigenvalue weighted by molar-refractivity contribution is 6.44. The molecule has 0 aliphatic heterocycles. The van der Waals surface area contributed by atoms with Gasteiger partial charge in [0.05, 0.1) is 61.0 Å². The average Bonchev–Trinajstić information content (AvgIpc) is 3.26. The molecule has 6 aromatic carbocycles. The molecule has 0 saturated heterocycles. The number of ether oxygens (including phenoxy) is 1. The van der Waals surface area contributed by atoms with Gasteiger partial charge in [-0.2, -0.15) is 0 Å². The Hall–Kier alpha value is -5.97. The third kappa shape index (κ3) is 16.8. The summed E-state index contributed by atoms with van der Waals surface area (Å²) in [7, 11) is 1.34. The van der Waals surface area contributed by atoms with E-state index in [0.29, 0.717) is 21.3 Å². The molecule has 6 rings (SSSR count). The summed E-state index contributed by atoms with van der Waals surface area (Å²) in [4.78, 5) is 64.7. The molecule has 14 nitrogen and oxygen atoms in total. The van der Waals surface area contributed by atoms with Crippen LogP contribution in [0.3, 0.4) is 0 Å². The van der Waals surface area contributed by atoms with Crippen LogP contribution in [0.25, 0.3) is 10.8 Å². The maximum absolute atomic E-state index is 12.4. The Morgan fingerprint density at radius 1 is 0.585 bits per heavy atom. The van der Waals surface area contributed by atoms with E-state index in [1.807, 2.05) is 36.4 Å². The molecule has 0 aromatic heterocycles. The first kappa shape index (κ1) is 55.2. The number of hydrogen-bond acceptors (Lipinski definition) is 8. The van der Waals surface area contributed by atoms with Crippen LogP contribution >= 0.6 is 81.2 Å². The van der Waals surface area contributed by atoms with Crippen LogP contribution < -0.4 is 15.8 Å². The fraction of sp³-hybridized carbons (Fsp3) is 0.0909. The van der Waals surface area contributed by atoms with Crippen molar-refractivity contribution in [3.63, 3.8) is 0 Å². The summed E-state index contributed by atoms with van der Waals surface area (Å²) < 4.78 is 4.82. The second-order valence-corrected chi connectivity index (χ2v) is 15.2. The summed E-state index contributed by atoms with van der Waals surface area (Å²) >= 11 is 39.7. The number of rotatable bonds is 9. The normalized spacial score (nSPS) is 9.86. The lowest BCUT2D eigenvalue weighted by molar-refractivity contribution is -0.137. The van der Waals surface area contributed by atoms with E-state index < -0.39 is 35.8 Å². The van der Waals surface area contributed by atoms with Crippen LogP contribution in [0.4, 0.5) is 11.4 Å². The summed E-state index contributed by atoms with van der Waals surface area (Å²) in [5.74, 6) is -5.52. The van der Waals surface area contributed by atoms with Crippen molar-refractivity contribution in [3.8, 4) is 5.75 Å². The molecule has 0 spiro atoms. The van der Waals surface area contributed by atoms with Gasteiger partial charge >= 0.3 is 29.8 Å². The molecule has 8 N–H and O–H groups in total. The van der Waals surface area contributed by atoms with Crippen molar-refractivity contribution >= 4 is 139 Å². The zero-order valence-corrected chi connectivity index (χ0v) is 38.8. The Bertz CT molecular complexity index is 2710. The number of carbonyl (C=O) groups is 6. The van der Waals surface area contributed by atoms with Gasteiger partial charge in [-0.3, -0.25) is 14.4 Å². The van der Waals surface area contributed by atoms with Gasteiger partial charge in [0.2, 0.25) is 0 Å². The van der Waals surface area contributed by atoms with E-state index in [2.05, 4.69) is 5.32 Å². The summed E-state index contributed by atoms with van der Waals surface area (Å²) in [6.07, 6.45) is -0.00176. The first-order valence-corrected chi connectivity index (χ1v) is 20.6. The summed E-state index contributed by atoms with van der Waals surface area (Å²) in [6.45, 7) is 1.60. The predicted octanol–water partition coefficient (Wildman–Crippen LogP) is 12.5. The Labute approximate surface area is 405 Å².